The molecule has 0 radical (unpaired) electrons. The van der Waals surface area contributed by atoms with Gasteiger partial charge in [0.2, 0.25) is 0 Å². The molecule has 2 heterocycles. The average Bonchev–Trinajstić information content (AvgIpc) is 3.40. The van der Waals surface area contributed by atoms with E-state index >= 15 is 0 Å². The molecule has 2 aromatic heterocycles. The van der Waals surface area contributed by atoms with Gasteiger partial charge in [-0.05, 0) is 60.0 Å². The number of rotatable bonds is 7. The second-order valence-electron chi connectivity index (χ2n) is 6.88. The van der Waals surface area contributed by atoms with Crippen LogP contribution in [0.25, 0.3) is 0 Å². The Morgan fingerprint density at radius 1 is 1.03 bits per heavy atom. The molecule has 0 aliphatic heterocycles. The molecule has 0 aliphatic carbocycles. The van der Waals surface area contributed by atoms with Crippen LogP contribution >= 0.6 is 0 Å². The lowest BCUT2D eigenvalue weighted by molar-refractivity contribution is 0.0906. The van der Waals surface area contributed by atoms with Gasteiger partial charge in [-0.3, -0.25) is 9.48 Å². The minimum atomic E-state index is -0.560. The van der Waals surface area contributed by atoms with Crippen molar-refractivity contribution in [1.82, 2.24) is 15.1 Å². The van der Waals surface area contributed by atoms with Gasteiger partial charge in [-0.25, -0.2) is 8.78 Å². The number of hydrogen-bond acceptors (Lipinski definition) is 3. The van der Waals surface area contributed by atoms with E-state index in [4.69, 9.17) is 4.42 Å². The summed E-state index contributed by atoms with van der Waals surface area (Å²) in [6.07, 6.45) is 3.75. The highest BCUT2D eigenvalue weighted by Crippen LogP contribution is 2.21. The first-order valence-corrected chi connectivity index (χ1v) is 9.44. The summed E-state index contributed by atoms with van der Waals surface area (Å²) < 4.78 is 34.7. The van der Waals surface area contributed by atoms with E-state index in [-0.39, 0.29) is 11.6 Å². The van der Waals surface area contributed by atoms with Crippen molar-refractivity contribution in [2.75, 3.05) is 0 Å². The first-order chi connectivity index (χ1) is 14.6. The third-order valence-electron chi connectivity index (χ3n) is 4.65. The number of furan rings is 1. The van der Waals surface area contributed by atoms with Gasteiger partial charge in [0.1, 0.15) is 17.4 Å². The van der Waals surface area contributed by atoms with Crippen molar-refractivity contribution in [1.29, 1.82) is 0 Å². The monoisotopic (exact) mass is 407 g/mol. The molecule has 0 fully saturated rings. The number of amides is 1. The average molecular weight is 407 g/mol. The van der Waals surface area contributed by atoms with Crippen LogP contribution in [0.1, 0.15) is 33.5 Å². The summed E-state index contributed by atoms with van der Waals surface area (Å²) in [5.41, 5.74) is 1.26. The van der Waals surface area contributed by atoms with Crippen molar-refractivity contribution < 1.29 is 18.0 Å². The summed E-state index contributed by atoms with van der Waals surface area (Å²) in [6, 6.07) is 16.6. The van der Waals surface area contributed by atoms with E-state index in [1.807, 2.05) is 0 Å². The van der Waals surface area contributed by atoms with Gasteiger partial charge in [-0.2, -0.15) is 5.10 Å². The first-order valence-electron chi connectivity index (χ1n) is 9.44. The Kier molecular flexibility index (Phi) is 5.70. The van der Waals surface area contributed by atoms with Gasteiger partial charge in [-0.15, -0.1) is 0 Å². The predicted octanol–water partition coefficient (Wildman–Crippen LogP) is 4.52. The second kappa shape index (κ2) is 8.73. The third kappa shape index (κ3) is 4.81. The van der Waals surface area contributed by atoms with Crippen molar-refractivity contribution in [3.63, 3.8) is 0 Å². The maximum absolute atomic E-state index is 13.8. The van der Waals surface area contributed by atoms with Crippen LogP contribution < -0.4 is 5.32 Å². The number of nitrogens with zero attached hydrogens (tertiary/aromatic N) is 2. The number of aromatic nitrogens is 2. The lowest BCUT2D eigenvalue weighted by atomic mass is 9.98. The summed E-state index contributed by atoms with van der Waals surface area (Å²) in [6.45, 7) is 0.400. The van der Waals surface area contributed by atoms with Crippen molar-refractivity contribution >= 4 is 5.91 Å². The number of carbonyl (C=O) groups is 1. The molecule has 7 heteroatoms. The van der Waals surface area contributed by atoms with Crippen molar-refractivity contribution in [3.8, 4) is 0 Å². The van der Waals surface area contributed by atoms with Crippen LogP contribution in [-0.2, 0) is 13.0 Å². The molecule has 0 spiro atoms. The van der Waals surface area contributed by atoms with Crippen molar-refractivity contribution in [2.24, 2.45) is 0 Å². The molecule has 1 atom stereocenters. The lowest BCUT2D eigenvalue weighted by Gasteiger charge is -2.19. The zero-order valence-corrected chi connectivity index (χ0v) is 16.0. The second-order valence-corrected chi connectivity index (χ2v) is 6.88. The summed E-state index contributed by atoms with van der Waals surface area (Å²) in [7, 11) is 0. The quantitative estimate of drug-likeness (QED) is 0.490. The fourth-order valence-corrected chi connectivity index (χ4v) is 3.24. The molecule has 2 aromatic carbocycles. The Morgan fingerprint density at radius 3 is 2.57 bits per heavy atom. The topological polar surface area (TPSA) is 60.1 Å². The third-order valence-corrected chi connectivity index (χ3v) is 4.65. The smallest absolute Gasteiger partial charge is 0.287 e. The van der Waals surface area contributed by atoms with Crippen LogP contribution in [0.2, 0.25) is 0 Å². The molecular weight excluding hydrogens is 388 g/mol. The van der Waals surface area contributed by atoms with Crippen molar-refractivity contribution in [3.05, 3.63) is 113 Å². The van der Waals surface area contributed by atoms with Gasteiger partial charge in [0.25, 0.3) is 5.91 Å². The molecule has 0 bridgehead atoms. The summed E-state index contributed by atoms with van der Waals surface area (Å²) in [4.78, 5) is 12.8. The molecule has 4 rings (SSSR count). The van der Waals surface area contributed by atoms with E-state index in [2.05, 4.69) is 10.4 Å². The van der Waals surface area contributed by atoms with E-state index in [0.717, 1.165) is 0 Å². The Bertz CT molecular complexity index is 1140. The summed E-state index contributed by atoms with van der Waals surface area (Å²) in [5, 5.41) is 6.98. The SMILES string of the molecule is O=C(NC(Cc1cccc(F)c1)c1cccc(F)c1)c1ccc(Cn2cccn2)o1. The maximum Gasteiger partial charge on any atom is 0.287 e. The highest BCUT2D eigenvalue weighted by atomic mass is 19.1. The molecule has 0 saturated carbocycles. The van der Waals surface area contributed by atoms with Crippen LogP contribution in [0.3, 0.4) is 0 Å². The Hall–Kier alpha value is -3.74. The van der Waals surface area contributed by atoms with Gasteiger partial charge in [0.05, 0.1) is 12.6 Å². The fourth-order valence-electron chi connectivity index (χ4n) is 3.24. The van der Waals surface area contributed by atoms with Gasteiger partial charge in [-0.1, -0.05) is 24.3 Å². The van der Waals surface area contributed by atoms with Gasteiger partial charge >= 0.3 is 0 Å². The predicted molar refractivity (Wildman–Crippen MR) is 107 cm³/mol. The molecule has 4 aromatic rings. The van der Waals surface area contributed by atoms with Crippen LogP contribution in [0.4, 0.5) is 8.78 Å². The largest absolute Gasteiger partial charge is 0.454 e. The van der Waals surface area contributed by atoms with E-state index in [1.165, 1.54) is 24.3 Å². The minimum Gasteiger partial charge on any atom is -0.454 e. The summed E-state index contributed by atoms with van der Waals surface area (Å²) >= 11 is 0. The zero-order valence-electron chi connectivity index (χ0n) is 16.0. The first kappa shape index (κ1) is 19.6. The van der Waals surface area contributed by atoms with Crippen LogP contribution in [0, 0.1) is 11.6 Å². The molecule has 30 heavy (non-hydrogen) atoms. The maximum atomic E-state index is 13.8. The fraction of sp³-hybridized carbons (Fsp3) is 0.130. The lowest BCUT2D eigenvalue weighted by Crippen LogP contribution is -2.29. The van der Waals surface area contributed by atoms with Gasteiger partial charge in [0, 0.05) is 12.4 Å². The highest BCUT2D eigenvalue weighted by Gasteiger charge is 2.20. The van der Waals surface area contributed by atoms with Gasteiger partial charge in [0.15, 0.2) is 5.76 Å². The minimum absolute atomic E-state index is 0.137. The number of nitrogens with one attached hydrogen (secondary N) is 1. The Balaban J connectivity index is 1.53. The molecule has 5 nitrogen and oxygen atoms in total. The van der Waals surface area contributed by atoms with Crippen LogP contribution in [-0.4, -0.2) is 15.7 Å². The summed E-state index contributed by atoms with van der Waals surface area (Å²) in [5.74, 6) is -0.502. The molecule has 1 N–H and O–H groups in total. The number of hydrogen-bond donors (Lipinski definition) is 1. The van der Waals surface area contributed by atoms with Gasteiger partial charge < -0.3 is 9.73 Å². The molecule has 0 aliphatic rings. The van der Waals surface area contributed by atoms with Crippen molar-refractivity contribution in [2.45, 2.75) is 19.0 Å². The van der Waals surface area contributed by atoms with E-state index in [9.17, 15) is 13.6 Å². The van der Waals surface area contributed by atoms with Crippen LogP contribution in [0.15, 0.2) is 83.5 Å². The Morgan fingerprint density at radius 2 is 1.83 bits per heavy atom. The molecular formula is C23H19F2N3O2. The molecule has 1 amide bonds. The number of carbonyl (C=O) groups excluding carboxylic acids is 1. The van der Waals surface area contributed by atoms with E-state index in [0.29, 0.717) is 29.9 Å². The van der Waals surface area contributed by atoms with Crippen LogP contribution in [0.5, 0.6) is 0 Å². The normalized spacial score (nSPS) is 11.9. The zero-order chi connectivity index (χ0) is 20.9. The van der Waals surface area contributed by atoms with E-state index in [1.54, 1.807) is 59.5 Å². The molecule has 1 unspecified atom stereocenters. The number of halogens is 2. The molecule has 152 valence electrons. The van der Waals surface area contributed by atoms with E-state index < -0.39 is 17.8 Å². The highest BCUT2D eigenvalue weighted by molar-refractivity contribution is 5.91. The standard InChI is InChI=1S/C23H19F2N3O2/c24-18-6-1-4-16(12-18)13-21(17-5-2-7-19(25)14-17)27-23(29)22-9-8-20(30-22)15-28-11-3-10-26-28/h1-12,14,21H,13,15H2,(H,27,29). The Labute approximate surface area is 172 Å². The molecule has 0 saturated heterocycles. The number of benzene rings is 2.